The molecule has 0 spiro atoms. The second kappa shape index (κ2) is 12.9. The van der Waals surface area contributed by atoms with Gasteiger partial charge in [0, 0.05) is 46.8 Å². The number of ether oxygens (including phenoxy) is 2. The Morgan fingerprint density at radius 2 is 2.03 bits per heavy atom. The number of amides is 1. The third-order valence-corrected chi connectivity index (χ3v) is 5.30. The zero-order chi connectivity index (χ0) is 21.9. The van der Waals surface area contributed by atoms with E-state index in [-0.39, 0.29) is 24.9 Å². The Kier molecular flexibility index (Phi) is 10.6. The molecular weight excluding hydrogens is 393 g/mol. The van der Waals surface area contributed by atoms with Gasteiger partial charge in [0.15, 0.2) is 0 Å². The number of aliphatic hydroxyl groups excluding tert-OH is 2. The van der Waals surface area contributed by atoms with Crippen molar-refractivity contribution in [2.45, 2.75) is 51.0 Å². The molecule has 9 heteroatoms. The lowest BCUT2D eigenvalue weighted by Gasteiger charge is -2.31. The molecule has 1 amide bonds. The number of rotatable bonds is 3. The smallest absolute Gasteiger partial charge is 0.219 e. The van der Waals surface area contributed by atoms with Crippen molar-refractivity contribution in [3.8, 4) is 0 Å². The molecule has 1 aromatic rings. The molecular formula is C21H34FN3O5. The molecule has 0 aliphatic carbocycles. The summed E-state index contributed by atoms with van der Waals surface area (Å²) in [5, 5.41) is 20.6. The van der Waals surface area contributed by atoms with Gasteiger partial charge in [0.2, 0.25) is 5.91 Å². The van der Waals surface area contributed by atoms with Crippen molar-refractivity contribution >= 4 is 5.91 Å². The molecule has 0 saturated carbocycles. The summed E-state index contributed by atoms with van der Waals surface area (Å²) >= 11 is 0. The molecule has 1 aromatic heterocycles. The van der Waals surface area contributed by atoms with Crippen LogP contribution in [0.15, 0.2) is 18.3 Å². The number of aliphatic hydroxyl groups is 2. The minimum Gasteiger partial charge on any atom is -0.388 e. The molecule has 170 valence electrons. The number of halogens is 1. The molecule has 0 unspecified atom stereocenters. The number of carbonyl (C=O) groups is 1. The van der Waals surface area contributed by atoms with Gasteiger partial charge in [-0.3, -0.25) is 14.7 Å². The van der Waals surface area contributed by atoms with E-state index in [2.05, 4.69) is 9.88 Å². The molecule has 2 heterocycles. The number of aromatic nitrogens is 1. The molecule has 30 heavy (non-hydrogen) atoms. The van der Waals surface area contributed by atoms with Gasteiger partial charge in [0.25, 0.3) is 0 Å². The van der Waals surface area contributed by atoms with Gasteiger partial charge in [-0.1, -0.05) is 0 Å². The van der Waals surface area contributed by atoms with Gasteiger partial charge in [-0.05, 0) is 37.9 Å². The molecule has 1 aliphatic heterocycles. The number of nitrogens with zero attached hydrogens (tertiary/aromatic N) is 3. The van der Waals surface area contributed by atoms with Crippen molar-refractivity contribution in [2.75, 3.05) is 46.5 Å². The second-order valence-electron chi connectivity index (χ2n) is 7.68. The fourth-order valence-corrected chi connectivity index (χ4v) is 3.49. The number of hydrogen-bond donors (Lipinski definition) is 2. The lowest BCUT2D eigenvalue weighted by molar-refractivity contribution is -0.136. The Balaban J connectivity index is 2.05. The van der Waals surface area contributed by atoms with Crippen molar-refractivity contribution in [3.63, 3.8) is 0 Å². The first-order valence-electron chi connectivity index (χ1n) is 10.5. The molecule has 1 saturated heterocycles. The fourth-order valence-electron chi connectivity index (χ4n) is 3.49. The van der Waals surface area contributed by atoms with E-state index >= 15 is 0 Å². The number of methoxy groups -OCH3 is 1. The van der Waals surface area contributed by atoms with Crippen molar-refractivity contribution in [1.82, 2.24) is 14.8 Å². The highest BCUT2D eigenvalue weighted by Gasteiger charge is 2.29. The van der Waals surface area contributed by atoms with Crippen molar-refractivity contribution < 1.29 is 28.9 Å². The zero-order valence-corrected chi connectivity index (χ0v) is 17.9. The highest BCUT2D eigenvalue weighted by Crippen LogP contribution is 2.11. The van der Waals surface area contributed by atoms with E-state index in [0.29, 0.717) is 19.7 Å². The summed E-state index contributed by atoms with van der Waals surface area (Å²) in [6.45, 7) is 4.80. The van der Waals surface area contributed by atoms with Crippen LogP contribution in [0.2, 0.25) is 0 Å². The first-order chi connectivity index (χ1) is 14.4. The average molecular weight is 428 g/mol. The van der Waals surface area contributed by atoms with E-state index in [1.54, 1.807) is 11.0 Å². The van der Waals surface area contributed by atoms with Crippen molar-refractivity contribution in [2.24, 2.45) is 0 Å². The summed E-state index contributed by atoms with van der Waals surface area (Å²) < 4.78 is 24.0. The molecule has 3 atom stereocenters. The van der Waals surface area contributed by atoms with Crippen LogP contribution in [0, 0.1) is 5.82 Å². The number of carbonyl (C=O) groups excluding carboxylic acids is 1. The maximum absolute atomic E-state index is 13.1. The van der Waals surface area contributed by atoms with E-state index in [9.17, 15) is 19.4 Å². The molecule has 8 nitrogen and oxygen atoms in total. The molecule has 2 rings (SSSR count). The molecule has 1 aliphatic rings. The van der Waals surface area contributed by atoms with Gasteiger partial charge >= 0.3 is 0 Å². The second-order valence-corrected chi connectivity index (χ2v) is 7.68. The Hall–Kier alpha value is -1.65. The van der Waals surface area contributed by atoms with Gasteiger partial charge < -0.3 is 24.6 Å². The SMILES string of the molecule is CO[C@H]1CN(C(C)=O)CCCN(Cc2ccc(F)cn2)CCCCOC[C@H](O)[C@@H]1O. The Labute approximate surface area is 177 Å². The first kappa shape index (κ1) is 24.6. The van der Waals surface area contributed by atoms with Gasteiger partial charge in [-0.2, -0.15) is 0 Å². The first-order valence-corrected chi connectivity index (χ1v) is 10.5. The van der Waals surface area contributed by atoms with Crippen LogP contribution < -0.4 is 0 Å². The maximum atomic E-state index is 13.1. The van der Waals surface area contributed by atoms with E-state index in [4.69, 9.17) is 9.47 Å². The minimum atomic E-state index is -1.15. The van der Waals surface area contributed by atoms with Crippen LogP contribution in [0.25, 0.3) is 0 Å². The van der Waals surface area contributed by atoms with Crippen LogP contribution in [0.4, 0.5) is 4.39 Å². The predicted octanol–water partition coefficient (Wildman–Crippen LogP) is 0.808. The summed E-state index contributed by atoms with van der Waals surface area (Å²) in [4.78, 5) is 20.1. The monoisotopic (exact) mass is 427 g/mol. The highest BCUT2D eigenvalue weighted by molar-refractivity contribution is 5.73. The Morgan fingerprint density at radius 1 is 1.27 bits per heavy atom. The normalized spacial score (nSPS) is 26.0. The summed E-state index contributed by atoms with van der Waals surface area (Å²) in [5.74, 6) is -0.479. The van der Waals surface area contributed by atoms with E-state index in [1.165, 1.54) is 26.3 Å². The fraction of sp³-hybridized carbons (Fsp3) is 0.714. The van der Waals surface area contributed by atoms with Crippen LogP contribution in [0.5, 0.6) is 0 Å². The average Bonchev–Trinajstić information content (AvgIpc) is 2.73. The number of hydrogen-bond acceptors (Lipinski definition) is 7. The summed E-state index contributed by atoms with van der Waals surface area (Å²) in [6.07, 6.45) is 0.692. The molecule has 2 N–H and O–H groups in total. The predicted molar refractivity (Wildman–Crippen MR) is 109 cm³/mol. The molecule has 0 bridgehead atoms. The lowest BCUT2D eigenvalue weighted by Crippen LogP contribution is -2.48. The van der Waals surface area contributed by atoms with Crippen molar-refractivity contribution in [1.29, 1.82) is 0 Å². The summed E-state index contributed by atoms with van der Waals surface area (Å²) in [5.41, 5.74) is 0.791. The molecule has 0 radical (unpaired) electrons. The summed E-state index contributed by atoms with van der Waals surface area (Å²) in [7, 11) is 1.45. The Morgan fingerprint density at radius 3 is 2.70 bits per heavy atom. The zero-order valence-electron chi connectivity index (χ0n) is 17.9. The van der Waals surface area contributed by atoms with Crippen molar-refractivity contribution in [3.05, 3.63) is 29.8 Å². The highest BCUT2D eigenvalue weighted by atomic mass is 19.1. The molecule has 0 aromatic carbocycles. The van der Waals surface area contributed by atoms with Crippen LogP contribution in [0.1, 0.15) is 31.9 Å². The van der Waals surface area contributed by atoms with Crippen LogP contribution >= 0.6 is 0 Å². The summed E-state index contributed by atoms with van der Waals surface area (Å²) in [6, 6.07) is 3.09. The minimum absolute atomic E-state index is 0.00428. The maximum Gasteiger partial charge on any atom is 0.219 e. The van der Waals surface area contributed by atoms with Crippen LogP contribution in [0.3, 0.4) is 0 Å². The third kappa shape index (κ3) is 8.23. The quantitative estimate of drug-likeness (QED) is 0.737. The number of pyridine rings is 1. The van der Waals surface area contributed by atoms with E-state index in [0.717, 1.165) is 38.0 Å². The third-order valence-electron chi connectivity index (χ3n) is 5.30. The molecule has 1 fully saturated rings. The van der Waals surface area contributed by atoms with Crippen LogP contribution in [-0.4, -0.2) is 95.7 Å². The van der Waals surface area contributed by atoms with Gasteiger partial charge in [-0.25, -0.2) is 4.39 Å². The lowest BCUT2D eigenvalue weighted by atomic mass is 10.1. The topological polar surface area (TPSA) is 95.4 Å². The Bertz CT molecular complexity index is 634. The van der Waals surface area contributed by atoms with Gasteiger partial charge in [-0.15, -0.1) is 0 Å². The standard InChI is InChI=1S/C21H34FN3O5/c1-16(26)25-10-5-9-24(13-18-7-6-17(22)12-23-18)8-3-4-11-30-15-19(27)21(28)20(14-25)29-2/h6-7,12,19-21,27-28H,3-5,8-11,13-15H2,1-2H3/t19-,20-,21-/m0/s1. The van der Waals surface area contributed by atoms with E-state index < -0.39 is 18.3 Å². The van der Waals surface area contributed by atoms with Crippen LogP contribution in [-0.2, 0) is 20.8 Å². The largest absolute Gasteiger partial charge is 0.388 e. The van der Waals surface area contributed by atoms with Gasteiger partial charge in [0.1, 0.15) is 24.1 Å². The van der Waals surface area contributed by atoms with E-state index in [1.807, 2.05) is 0 Å². The van der Waals surface area contributed by atoms with Gasteiger partial charge in [0.05, 0.1) is 18.5 Å².